The third kappa shape index (κ3) is 2.93. The van der Waals surface area contributed by atoms with Crippen molar-refractivity contribution >= 4 is 22.1 Å². The van der Waals surface area contributed by atoms with Crippen LogP contribution in [0.25, 0.3) is 33.0 Å². The summed E-state index contributed by atoms with van der Waals surface area (Å²) in [5, 5.41) is 6.24. The van der Waals surface area contributed by atoms with Crippen molar-refractivity contribution < 1.29 is 0 Å². The van der Waals surface area contributed by atoms with Gasteiger partial charge in [0.15, 0.2) is 0 Å². The summed E-state index contributed by atoms with van der Waals surface area (Å²) in [6.45, 7) is 4.65. The number of rotatable bonds is 3. The van der Waals surface area contributed by atoms with Gasteiger partial charge in [0.25, 0.3) is 0 Å². The molecule has 154 valence electrons. The van der Waals surface area contributed by atoms with Gasteiger partial charge in [-0.15, -0.1) is 0 Å². The molecule has 0 fully saturated rings. The summed E-state index contributed by atoms with van der Waals surface area (Å²) in [4.78, 5) is 0. The molecule has 1 N–H and O–H groups in total. The Morgan fingerprint density at radius 2 is 1.22 bits per heavy atom. The molecule has 0 saturated carbocycles. The molecule has 0 heterocycles. The molecule has 32 heavy (non-hydrogen) atoms. The molecule has 1 heteroatoms. The Bertz CT molecular complexity index is 1480. The number of nitrogens with one attached hydrogen (secondary N) is 1. The van der Waals surface area contributed by atoms with Crippen molar-refractivity contribution in [2.45, 2.75) is 19.3 Å². The van der Waals surface area contributed by atoms with Crippen LogP contribution in [0.4, 0.5) is 11.4 Å². The van der Waals surface area contributed by atoms with Crippen LogP contribution in [0.15, 0.2) is 109 Å². The van der Waals surface area contributed by atoms with E-state index < -0.39 is 0 Å². The van der Waals surface area contributed by atoms with E-state index in [1.54, 1.807) is 0 Å². The maximum atomic E-state index is 3.71. The molecule has 0 atom stereocenters. The largest absolute Gasteiger partial charge is 0.355 e. The van der Waals surface area contributed by atoms with E-state index in [9.17, 15) is 0 Å². The summed E-state index contributed by atoms with van der Waals surface area (Å²) in [7, 11) is 0. The first-order chi connectivity index (χ1) is 15.6. The van der Waals surface area contributed by atoms with Crippen LogP contribution in [0, 0.1) is 0 Å². The molecule has 0 aliphatic heterocycles. The molecule has 1 aliphatic rings. The second kappa shape index (κ2) is 7.10. The van der Waals surface area contributed by atoms with Crippen molar-refractivity contribution in [2.75, 3.05) is 5.32 Å². The SMILES string of the molecule is CC1(C)c2ccccc2-c2ccc(Nc3ccccc3-c3ccc4ccccc4c3)cc21. The summed E-state index contributed by atoms with van der Waals surface area (Å²) >= 11 is 0. The lowest BCUT2D eigenvalue weighted by Gasteiger charge is -2.22. The van der Waals surface area contributed by atoms with Crippen molar-refractivity contribution in [3.05, 3.63) is 120 Å². The summed E-state index contributed by atoms with van der Waals surface area (Å²) < 4.78 is 0. The van der Waals surface area contributed by atoms with Gasteiger partial charge in [-0.25, -0.2) is 0 Å². The molecule has 0 radical (unpaired) electrons. The van der Waals surface area contributed by atoms with E-state index in [0.717, 1.165) is 11.4 Å². The number of anilines is 2. The summed E-state index contributed by atoms with van der Waals surface area (Å²) in [6, 6.07) is 39.4. The molecule has 5 aromatic rings. The van der Waals surface area contributed by atoms with E-state index in [4.69, 9.17) is 0 Å². The first-order valence-corrected chi connectivity index (χ1v) is 11.2. The highest BCUT2D eigenvalue weighted by Gasteiger charge is 2.35. The molecule has 5 aromatic carbocycles. The molecular formula is C31H25N. The zero-order valence-electron chi connectivity index (χ0n) is 18.4. The minimum Gasteiger partial charge on any atom is -0.355 e. The van der Waals surface area contributed by atoms with Crippen LogP contribution in [-0.4, -0.2) is 0 Å². The van der Waals surface area contributed by atoms with Gasteiger partial charge >= 0.3 is 0 Å². The molecule has 0 amide bonds. The van der Waals surface area contributed by atoms with Gasteiger partial charge < -0.3 is 5.32 Å². The van der Waals surface area contributed by atoms with E-state index in [-0.39, 0.29) is 5.41 Å². The number of hydrogen-bond acceptors (Lipinski definition) is 1. The fourth-order valence-corrected chi connectivity index (χ4v) is 5.14. The molecule has 0 bridgehead atoms. The second-order valence-corrected chi connectivity index (χ2v) is 9.16. The first kappa shape index (κ1) is 18.9. The third-order valence-corrected chi connectivity index (χ3v) is 6.85. The lowest BCUT2D eigenvalue weighted by atomic mass is 9.82. The van der Waals surface area contributed by atoms with Gasteiger partial charge in [-0.05, 0) is 62.9 Å². The smallest absolute Gasteiger partial charge is 0.0463 e. The van der Waals surface area contributed by atoms with Crippen LogP contribution in [0.5, 0.6) is 0 Å². The number of benzene rings is 5. The van der Waals surface area contributed by atoms with Crippen molar-refractivity contribution in [1.82, 2.24) is 0 Å². The number of para-hydroxylation sites is 1. The second-order valence-electron chi connectivity index (χ2n) is 9.16. The van der Waals surface area contributed by atoms with Gasteiger partial charge in [0.2, 0.25) is 0 Å². The van der Waals surface area contributed by atoms with Gasteiger partial charge in [0, 0.05) is 22.4 Å². The fourth-order valence-electron chi connectivity index (χ4n) is 5.14. The van der Waals surface area contributed by atoms with Crippen molar-refractivity contribution in [2.24, 2.45) is 0 Å². The number of fused-ring (bicyclic) bond motifs is 4. The Morgan fingerprint density at radius 3 is 2.09 bits per heavy atom. The minimum atomic E-state index is 0.00147. The van der Waals surface area contributed by atoms with E-state index in [0.29, 0.717) is 0 Å². The van der Waals surface area contributed by atoms with Crippen LogP contribution in [-0.2, 0) is 5.41 Å². The lowest BCUT2D eigenvalue weighted by molar-refractivity contribution is 0.660. The van der Waals surface area contributed by atoms with E-state index in [2.05, 4.69) is 128 Å². The Hall–Kier alpha value is -3.84. The van der Waals surface area contributed by atoms with Crippen molar-refractivity contribution in [3.63, 3.8) is 0 Å². The highest BCUT2D eigenvalue weighted by molar-refractivity contribution is 5.91. The Morgan fingerprint density at radius 1 is 0.531 bits per heavy atom. The maximum Gasteiger partial charge on any atom is 0.0463 e. The van der Waals surface area contributed by atoms with Crippen LogP contribution < -0.4 is 5.32 Å². The quantitative estimate of drug-likeness (QED) is 0.313. The number of hydrogen-bond donors (Lipinski definition) is 1. The Kier molecular flexibility index (Phi) is 4.19. The molecule has 0 aromatic heterocycles. The van der Waals surface area contributed by atoms with Gasteiger partial charge in [-0.3, -0.25) is 0 Å². The van der Waals surface area contributed by atoms with Crippen LogP contribution in [0.1, 0.15) is 25.0 Å². The monoisotopic (exact) mass is 411 g/mol. The zero-order valence-corrected chi connectivity index (χ0v) is 18.4. The van der Waals surface area contributed by atoms with Crippen LogP contribution in [0.2, 0.25) is 0 Å². The van der Waals surface area contributed by atoms with Gasteiger partial charge in [0.1, 0.15) is 0 Å². The van der Waals surface area contributed by atoms with E-state index in [1.807, 2.05) is 0 Å². The van der Waals surface area contributed by atoms with Gasteiger partial charge in [-0.2, -0.15) is 0 Å². The standard InChI is InChI=1S/C31H25N/c1-31(2)28-13-7-5-12-26(28)27-18-17-24(20-29(27)31)32-30-14-8-6-11-25(30)23-16-15-21-9-3-4-10-22(21)19-23/h3-20,32H,1-2H3. The average molecular weight is 412 g/mol. The summed E-state index contributed by atoms with van der Waals surface area (Å²) in [5.41, 5.74) is 10.2. The van der Waals surface area contributed by atoms with Crippen molar-refractivity contribution in [3.8, 4) is 22.3 Å². The molecule has 6 rings (SSSR count). The predicted molar refractivity (Wildman–Crippen MR) is 137 cm³/mol. The minimum absolute atomic E-state index is 0.00147. The molecule has 1 aliphatic carbocycles. The normalized spacial score (nSPS) is 13.6. The Balaban J connectivity index is 1.40. The summed E-state index contributed by atoms with van der Waals surface area (Å²) in [5.74, 6) is 0. The van der Waals surface area contributed by atoms with E-state index in [1.165, 1.54) is 44.2 Å². The van der Waals surface area contributed by atoms with E-state index >= 15 is 0 Å². The molecule has 1 nitrogen and oxygen atoms in total. The topological polar surface area (TPSA) is 12.0 Å². The summed E-state index contributed by atoms with van der Waals surface area (Å²) in [6.07, 6.45) is 0. The average Bonchev–Trinajstić information content (AvgIpc) is 3.06. The van der Waals surface area contributed by atoms with Crippen LogP contribution in [0.3, 0.4) is 0 Å². The fraction of sp³-hybridized carbons (Fsp3) is 0.0968. The Labute approximate surface area is 189 Å². The molecule has 0 unspecified atom stereocenters. The van der Waals surface area contributed by atoms with Crippen molar-refractivity contribution in [1.29, 1.82) is 0 Å². The lowest BCUT2D eigenvalue weighted by Crippen LogP contribution is -2.15. The van der Waals surface area contributed by atoms with Gasteiger partial charge in [0.05, 0.1) is 0 Å². The van der Waals surface area contributed by atoms with Crippen LogP contribution >= 0.6 is 0 Å². The molecule has 0 spiro atoms. The zero-order chi connectivity index (χ0) is 21.7. The maximum absolute atomic E-state index is 3.71. The molecule has 0 saturated heterocycles. The first-order valence-electron chi connectivity index (χ1n) is 11.2. The molecular weight excluding hydrogens is 386 g/mol. The highest BCUT2D eigenvalue weighted by Crippen LogP contribution is 2.49. The highest BCUT2D eigenvalue weighted by atomic mass is 14.9. The van der Waals surface area contributed by atoms with Gasteiger partial charge in [-0.1, -0.05) is 98.8 Å². The third-order valence-electron chi connectivity index (χ3n) is 6.85. The predicted octanol–water partition coefficient (Wildman–Crippen LogP) is 8.56.